The van der Waals surface area contributed by atoms with Crippen LogP contribution in [0.1, 0.15) is 13.3 Å². The summed E-state index contributed by atoms with van der Waals surface area (Å²) in [5.74, 6) is -1.10. The molecule has 0 aromatic carbocycles. The Bertz CT molecular complexity index is 169. The quantitative estimate of drug-likeness (QED) is 0.475. The van der Waals surface area contributed by atoms with Gasteiger partial charge in [-0.3, -0.25) is 0 Å². The zero-order chi connectivity index (χ0) is 9.30. The largest absolute Gasteiger partial charge is 0.479 e. The number of aliphatic carboxylic acids is 1. The normalized spacial score (nSPS) is 42.6. The van der Waals surface area contributed by atoms with Gasteiger partial charge in [-0.05, 0) is 6.92 Å². The van der Waals surface area contributed by atoms with Gasteiger partial charge in [-0.25, -0.2) is 4.79 Å². The Morgan fingerprint density at radius 3 is 2.50 bits per heavy atom. The molecule has 0 amide bonds. The van der Waals surface area contributed by atoms with E-state index in [1.54, 1.807) is 0 Å². The molecule has 1 fully saturated rings. The molecule has 1 rings (SSSR count). The number of carboxylic acids is 1. The third kappa shape index (κ3) is 1.74. The molecule has 0 spiro atoms. The zero-order valence-corrected chi connectivity index (χ0v) is 6.67. The first-order valence-electron chi connectivity index (χ1n) is 3.76. The number of hydrogen-bond donors (Lipinski definition) is 3. The van der Waals surface area contributed by atoms with Gasteiger partial charge in [0.15, 0.2) is 6.10 Å². The van der Waals surface area contributed by atoms with E-state index in [4.69, 9.17) is 9.84 Å². The van der Waals surface area contributed by atoms with Gasteiger partial charge in [0, 0.05) is 6.42 Å². The Hall–Kier alpha value is -0.650. The van der Waals surface area contributed by atoms with Gasteiger partial charge in [0.05, 0.1) is 12.2 Å². The van der Waals surface area contributed by atoms with Gasteiger partial charge < -0.3 is 20.1 Å². The lowest BCUT2D eigenvalue weighted by molar-refractivity contribution is -0.186. The third-order valence-electron chi connectivity index (χ3n) is 1.99. The van der Waals surface area contributed by atoms with Gasteiger partial charge >= 0.3 is 5.97 Å². The van der Waals surface area contributed by atoms with Crippen LogP contribution in [0.5, 0.6) is 0 Å². The van der Waals surface area contributed by atoms with Gasteiger partial charge in [-0.1, -0.05) is 0 Å². The van der Waals surface area contributed by atoms with Gasteiger partial charge in [0.25, 0.3) is 0 Å². The fourth-order valence-electron chi connectivity index (χ4n) is 1.23. The third-order valence-corrected chi connectivity index (χ3v) is 1.99. The molecule has 1 saturated heterocycles. The van der Waals surface area contributed by atoms with Gasteiger partial charge in [0.2, 0.25) is 0 Å². The molecule has 0 radical (unpaired) electrons. The highest BCUT2D eigenvalue weighted by atomic mass is 16.5. The van der Waals surface area contributed by atoms with Crippen molar-refractivity contribution in [2.45, 2.75) is 37.8 Å². The molecule has 1 aliphatic heterocycles. The Morgan fingerprint density at radius 1 is 1.50 bits per heavy atom. The number of aliphatic hydroxyl groups is 2. The molecule has 5 nitrogen and oxygen atoms in total. The summed E-state index contributed by atoms with van der Waals surface area (Å²) in [6.45, 7) is 1.53. The minimum absolute atomic E-state index is 0.0547. The summed E-state index contributed by atoms with van der Waals surface area (Å²) in [7, 11) is 0. The summed E-state index contributed by atoms with van der Waals surface area (Å²) in [6.07, 6.45) is -3.68. The van der Waals surface area contributed by atoms with Crippen LogP contribution in [-0.2, 0) is 9.53 Å². The first-order chi connectivity index (χ1) is 5.52. The molecule has 3 N–H and O–H groups in total. The molecule has 1 heterocycles. The van der Waals surface area contributed by atoms with Crippen molar-refractivity contribution in [3.8, 4) is 0 Å². The van der Waals surface area contributed by atoms with Crippen molar-refractivity contribution >= 4 is 5.97 Å². The maximum atomic E-state index is 10.4. The first-order valence-corrected chi connectivity index (χ1v) is 3.76. The van der Waals surface area contributed by atoms with Crippen molar-refractivity contribution in [1.82, 2.24) is 0 Å². The molecule has 0 bridgehead atoms. The summed E-state index contributed by atoms with van der Waals surface area (Å²) >= 11 is 0. The minimum atomic E-state index is -1.10. The van der Waals surface area contributed by atoms with Crippen LogP contribution in [0.25, 0.3) is 0 Å². The van der Waals surface area contributed by atoms with Gasteiger partial charge in [-0.15, -0.1) is 0 Å². The molecule has 12 heavy (non-hydrogen) atoms. The zero-order valence-electron chi connectivity index (χ0n) is 6.67. The lowest BCUT2D eigenvalue weighted by Gasteiger charge is -2.33. The predicted molar refractivity (Wildman–Crippen MR) is 38.6 cm³/mol. The van der Waals surface area contributed by atoms with E-state index in [-0.39, 0.29) is 6.42 Å². The second-order valence-electron chi connectivity index (χ2n) is 2.96. The van der Waals surface area contributed by atoms with E-state index in [0.29, 0.717) is 0 Å². The molecule has 0 unspecified atom stereocenters. The van der Waals surface area contributed by atoms with E-state index < -0.39 is 30.4 Å². The van der Waals surface area contributed by atoms with Crippen LogP contribution in [0.15, 0.2) is 0 Å². The molecule has 0 saturated carbocycles. The van der Waals surface area contributed by atoms with E-state index in [2.05, 4.69) is 0 Å². The lowest BCUT2D eigenvalue weighted by atomic mass is 9.99. The molecule has 0 aliphatic carbocycles. The molecule has 0 aromatic rings. The average Bonchev–Trinajstić information content (AvgIpc) is 1.99. The van der Waals surface area contributed by atoms with E-state index >= 15 is 0 Å². The summed E-state index contributed by atoms with van der Waals surface area (Å²) in [4.78, 5) is 10.4. The summed E-state index contributed by atoms with van der Waals surface area (Å²) in [5, 5.41) is 26.9. The first kappa shape index (κ1) is 9.44. The lowest BCUT2D eigenvalue weighted by Crippen LogP contribution is -2.49. The Labute approximate surface area is 69.6 Å². The van der Waals surface area contributed by atoms with E-state index in [9.17, 15) is 15.0 Å². The molecule has 0 aromatic heterocycles. The van der Waals surface area contributed by atoms with E-state index in [1.165, 1.54) is 6.92 Å². The van der Waals surface area contributed by atoms with Crippen molar-refractivity contribution < 1.29 is 24.9 Å². The van der Waals surface area contributed by atoms with Crippen LogP contribution in [-0.4, -0.2) is 45.7 Å². The highest BCUT2D eigenvalue weighted by molar-refractivity contribution is 5.72. The molecule has 70 valence electrons. The summed E-state index contributed by atoms with van der Waals surface area (Å²) < 4.78 is 4.92. The number of carboxylic acid groups (broad SMARTS) is 1. The fraction of sp³-hybridized carbons (Fsp3) is 0.857. The molecule has 1 aliphatic rings. The second-order valence-corrected chi connectivity index (χ2v) is 2.96. The van der Waals surface area contributed by atoms with Crippen LogP contribution in [0.4, 0.5) is 0 Å². The SMILES string of the molecule is C[C@H]1O[C@@H](C(=O)O)C[C@@H](O)[C@@H]1O. The van der Waals surface area contributed by atoms with Crippen molar-refractivity contribution in [2.75, 3.05) is 0 Å². The number of carbonyl (C=O) groups is 1. The topological polar surface area (TPSA) is 87.0 Å². The standard InChI is InChI=1S/C7H12O5/c1-3-6(9)4(8)2-5(12-3)7(10)11/h3-6,8-9H,2H2,1H3,(H,10,11)/t3-,4-,5-,6-/m1/s1. The Kier molecular flexibility index (Phi) is 2.66. The fourth-order valence-corrected chi connectivity index (χ4v) is 1.23. The average molecular weight is 176 g/mol. The Balaban J connectivity index is 2.59. The van der Waals surface area contributed by atoms with Crippen molar-refractivity contribution in [2.24, 2.45) is 0 Å². The van der Waals surface area contributed by atoms with Crippen LogP contribution >= 0.6 is 0 Å². The maximum absolute atomic E-state index is 10.4. The molecular formula is C7H12O5. The van der Waals surface area contributed by atoms with Crippen LogP contribution in [0.2, 0.25) is 0 Å². The number of hydrogen-bond acceptors (Lipinski definition) is 4. The van der Waals surface area contributed by atoms with Crippen molar-refractivity contribution in [3.63, 3.8) is 0 Å². The molecule has 5 heteroatoms. The Morgan fingerprint density at radius 2 is 2.08 bits per heavy atom. The number of rotatable bonds is 1. The number of aliphatic hydroxyl groups excluding tert-OH is 2. The second kappa shape index (κ2) is 3.38. The predicted octanol–water partition coefficient (Wildman–Crippen LogP) is -1.03. The molecule has 4 atom stereocenters. The summed E-state index contributed by atoms with van der Waals surface area (Å²) in [6, 6.07) is 0. The minimum Gasteiger partial charge on any atom is -0.479 e. The van der Waals surface area contributed by atoms with Crippen LogP contribution in [0.3, 0.4) is 0 Å². The van der Waals surface area contributed by atoms with Crippen LogP contribution in [0, 0.1) is 0 Å². The molecular weight excluding hydrogens is 164 g/mol. The summed E-state index contributed by atoms with van der Waals surface area (Å²) in [5.41, 5.74) is 0. The van der Waals surface area contributed by atoms with Gasteiger partial charge in [-0.2, -0.15) is 0 Å². The maximum Gasteiger partial charge on any atom is 0.332 e. The van der Waals surface area contributed by atoms with E-state index in [1.807, 2.05) is 0 Å². The highest BCUT2D eigenvalue weighted by Crippen LogP contribution is 2.19. The number of ether oxygens (including phenoxy) is 1. The van der Waals surface area contributed by atoms with Gasteiger partial charge in [0.1, 0.15) is 6.10 Å². The van der Waals surface area contributed by atoms with Crippen molar-refractivity contribution in [1.29, 1.82) is 0 Å². The highest BCUT2D eigenvalue weighted by Gasteiger charge is 2.37. The smallest absolute Gasteiger partial charge is 0.332 e. The van der Waals surface area contributed by atoms with Crippen LogP contribution < -0.4 is 0 Å². The monoisotopic (exact) mass is 176 g/mol. The van der Waals surface area contributed by atoms with Crippen molar-refractivity contribution in [3.05, 3.63) is 0 Å². The van der Waals surface area contributed by atoms with E-state index in [0.717, 1.165) is 0 Å².